The Kier molecular flexibility index (Phi) is 5.14. The number of hydrogen-bond acceptors (Lipinski definition) is 4. The third-order valence-electron chi connectivity index (χ3n) is 3.34. The van der Waals surface area contributed by atoms with Crippen molar-refractivity contribution in [3.05, 3.63) is 23.8 Å². The van der Waals surface area contributed by atoms with Crippen LogP contribution < -0.4 is 10.6 Å². The van der Waals surface area contributed by atoms with E-state index in [1.165, 1.54) is 0 Å². The minimum Gasteiger partial charge on any atom is -0.466 e. The number of anilines is 2. The minimum absolute atomic E-state index is 0.0121. The van der Waals surface area contributed by atoms with Gasteiger partial charge in [0.05, 0.1) is 6.61 Å². The first-order chi connectivity index (χ1) is 10.5. The average Bonchev–Trinajstić information content (AvgIpc) is 3.27. The number of amides is 2. The molecule has 2 N–H and O–H groups in total. The average molecular weight is 304 g/mol. The van der Waals surface area contributed by atoms with Crippen molar-refractivity contribution < 1.29 is 19.1 Å². The highest BCUT2D eigenvalue weighted by molar-refractivity contribution is 6.02. The van der Waals surface area contributed by atoms with E-state index in [1.807, 2.05) is 13.0 Å². The molecule has 1 aromatic rings. The first-order valence-electron chi connectivity index (χ1n) is 7.36. The van der Waals surface area contributed by atoms with Crippen LogP contribution in [0.5, 0.6) is 0 Å². The molecule has 1 fully saturated rings. The number of ether oxygens (including phenoxy) is 1. The minimum atomic E-state index is -0.561. The quantitative estimate of drug-likeness (QED) is 0.623. The molecule has 1 aromatic carbocycles. The number of esters is 1. The van der Waals surface area contributed by atoms with Crippen LogP contribution in [-0.2, 0) is 19.1 Å². The van der Waals surface area contributed by atoms with E-state index in [2.05, 4.69) is 10.6 Å². The van der Waals surface area contributed by atoms with Crippen molar-refractivity contribution in [1.29, 1.82) is 0 Å². The highest BCUT2D eigenvalue weighted by Gasteiger charge is 2.29. The highest BCUT2D eigenvalue weighted by Crippen LogP contribution is 2.31. The van der Waals surface area contributed by atoms with Crippen LogP contribution in [0, 0.1) is 12.8 Å². The lowest BCUT2D eigenvalue weighted by molar-refractivity contribution is -0.145. The van der Waals surface area contributed by atoms with Crippen LogP contribution in [0.1, 0.15) is 31.7 Å². The summed E-state index contributed by atoms with van der Waals surface area (Å²) in [6.45, 7) is 3.81. The van der Waals surface area contributed by atoms with Crippen LogP contribution in [0.25, 0.3) is 0 Å². The zero-order chi connectivity index (χ0) is 16.1. The van der Waals surface area contributed by atoms with E-state index < -0.39 is 11.9 Å². The first-order valence-corrected chi connectivity index (χ1v) is 7.36. The Balaban J connectivity index is 1.97. The van der Waals surface area contributed by atoms with Gasteiger partial charge in [-0.3, -0.25) is 14.4 Å². The maximum Gasteiger partial charge on any atom is 0.315 e. The summed E-state index contributed by atoms with van der Waals surface area (Å²) >= 11 is 0. The zero-order valence-electron chi connectivity index (χ0n) is 12.8. The summed E-state index contributed by atoms with van der Waals surface area (Å²) in [6, 6.07) is 5.23. The summed E-state index contributed by atoms with van der Waals surface area (Å²) in [5, 5.41) is 5.49. The van der Waals surface area contributed by atoms with Crippen molar-refractivity contribution in [3.8, 4) is 0 Å². The van der Waals surface area contributed by atoms with Gasteiger partial charge in [0.15, 0.2) is 0 Å². The fourth-order valence-electron chi connectivity index (χ4n) is 1.96. The molecule has 118 valence electrons. The SMILES string of the molecule is CCOC(=O)CC(=O)Nc1ccc(C)c(NC(=O)C2CC2)c1. The summed E-state index contributed by atoms with van der Waals surface area (Å²) in [5.41, 5.74) is 2.12. The number of carbonyl (C=O) groups is 3. The van der Waals surface area contributed by atoms with Crippen molar-refractivity contribution in [3.63, 3.8) is 0 Å². The fraction of sp³-hybridized carbons (Fsp3) is 0.438. The van der Waals surface area contributed by atoms with Crippen LogP contribution in [0.15, 0.2) is 18.2 Å². The Hall–Kier alpha value is -2.37. The van der Waals surface area contributed by atoms with E-state index in [1.54, 1.807) is 19.1 Å². The summed E-state index contributed by atoms with van der Waals surface area (Å²) in [5.74, 6) is -0.879. The molecule has 22 heavy (non-hydrogen) atoms. The second kappa shape index (κ2) is 7.06. The van der Waals surface area contributed by atoms with E-state index >= 15 is 0 Å². The summed E-state index contributed by atoms with van der Waals surface area (Å²) < 4.78 is 4.72. The Bertz CT molecular complexity index is 594. The van der Waals surface area contributed by atoms with Crippen molar-refractivity contribution in [2.75, 3.05) is 17.2 Å². The van der Waals surface area contributed by atoms with Gasteiger partial charge >= 0.3 is 5.97 Å². The van der Waals surface area contributed by atoms with Crippen LogP contribution >= 0.6 is 0 Å². The van der Waals surface area contributed by atoms with E-state index in [0.29, 0.717) is 11.4 Å². The van der Waals surface area contributed by atoms with E-state index in [0.717, 1.165) is 18.4 Å². The smallest absolute Gasteiger partial charge is 0.315 e. The molecule has 2 rings (SSSR count). The third-order valence-corrected chi connectivity index (χ3v) is 3.34. The van der Waals surface area contributed by atoms with Crippen LogP contribution in [0.4, 0.5) is 11.4 Å². The first kappa shape index (κ1) is 16.0. The lowest BCUT2D eigenvalue weighted by Crippen LogP contribution is -2.18. The second-order valence-electron chi connectivity index (χ2n) is 5.32. The standard InChI is InChI=1S/C16H20N2O4/c1-3-22-15(20)9-14(19)17-12-7-4-10(2)13(8-12)18-16(21)11-5-6-11/h4,7-8,11H,3,5-6,9H2,1-2H3,(H,17,19)(H,18,21). The molecule has 6 heteroatoms. The molecule has 0 radical (unpaired) electrons. The topological polar surface area (TPSA) is 84.5 Å². The molecular weight excluding hydrogens is 284 g/mol. The molecule has 0 saturated heterocycles. The van der Waals surface area contributed by atoms with Crippen molar-refractivity contribution in [2.24, 2.45) is 5.92 Å². The molecule has 1 aliphatic rings. The molecule has 0 spiro atoms. The Labute approximate surface area is 129 Å². The summed E-state index contributed by atoms with van der Waals surface area (Å²) in [4.78, 5) is 34.8. The summed E-state index contributed by atoms with van der Waals surface area (Å²) in [7, 11) is 0. The van der Waals surface area contributed by atoms with Gasteiger partial charge in [0.1, 0.15) is 6.42 Å². The number of hydrogen-bond donors (Lipinski definition) is 2. The van der Waals surface area contributed by atoms with Gasteiger partial charge in [-0.15, -0.1) is 0 Å². The molecular formula is C16H20N2O4. The van der Waals surface area contributed by atoms with Gasteiger partial charge in [-0.1, -0.05) is 6.07 Å². The molecule has 0 heterocycles. The molecule has 6 nitrogen and oxygen atoms in total. The largest absolute Gasteiger partial charge is 0.466 e. The van der Waals surface area contributed by atoms with E-state index in [-0.39, 0.29) is 24.9 Å². The van der Waals surface area contributed by atoms with Gasteiger partial charge in [-0.25, -0.2) is 0 Å². The Morgan fingerprint density at radius 3 is 2.59 bits per heavy atom. The lowest BCUT2D eigenvalue weighted by Gasteiger charge is -2.11. The molecule has 0 aliphatic heterocycles. The second-order valence-corrected chi connectivity index (χ2v) is 5.32. The predicted molar refractivity (Wildman–Crippen MR) is 82.4 cm³/mol. The highest BCUT2D eigenvalue weighted by atomic mass is 16.5. The number of nitrogens with one attached hydrogen (secondary N) is 2. The normalized spacial score (nSPS) is 13.4. The van der Waals surface area contributed by atoms with Crippen molar-refractivity contribution >= 4 is 29.2 Å². The molecule has 2 amide bonds. The van der Waals surface area contributed by atoms with Gasteiger partial charge in [0.2, 0.25) is 11.8 Å². The van der Waals surface area contributed by atoms with Gasteiger partial charge in [-0.05, 0) is 44.4 Å². The van der Waals surface area contributed by atoms with Crippen LogP contribution in [0.3, 0.4) is 0 Å². The van der Waals surface area contributed by atoms with Gasteiger partial charge in [-0.2, -0.15) is 0 Å². The molecule has 1 aliphatic carbocycles. The van der Waals surface area contributed by atoms with Crippen LogP contribution in [-0.4, -0.2) is 24.4 Å². The fourth-order valence-corrected chi connectivity index (χ4v) is 1.96. The number of benzene rings is 1. The molecule has 1 saturated carbocycles. The maximum atomic E-state index is 11.8. The van der Waals surface area contributed by atoms with Crippen molar-refractivity contribution in [2.45, 2.75) is 33.1 Å². The van der Waals surface area contributed by atoms with E-state index in [9.17, 15) is 14.4 Å². The van der Waals surface area contributed by atoms with Gasteiger partial charge in [0, 0.05) is 17.3 Å². The van der Waals surface area contributed by atoms with Gasteiger partial charge < -0.3 is 15.4 Å². The number of aryl methyl sites for hydroxylation is 1. The van der Waals surface area contributed by atoms with E-state index in [4.69, 9.17) is 4.74 Å². The lowest BCUT2D eigenvalue weighted by atomic mass is 10.1. The third kappa shape index (κ3) is 4.58. The molecule has 0 aromatic heterocycles. The molecule has 0 unspecified atom stereocenters. The number of carbonyl (C=O) groups excluding carboxylic acids is 3. The Morgan fingerprint density at radius 2 is 1.95 bits per heavy atom. The maximum absolute atomic E-state index is 11.8. The predicted octanol–water partition coefficient (Wildman–Crippen LogP) is 2.24. The van der Waals surface area contributed by atoms with Crippen molar-refractivity contribution in [1.82, 2.24) is 0 Å². The van der Waals surface area contributed by atoms with Gasteiger partial charge in [0.25, 0.3) is 0 Å². The molecule has 0 atom stereocenters. The molecule has 0 bridgehead atoms. The monoisotopic (exact) mass is 304 g/mol. The summed E-state index contributed by atoms with van der Waals surface area (Å²) in [6.07, 6.45) is 1.53. The Morgan fingerprint density at radius 1 is 1.23 bits per heavy atom. The number of rotatable bonds is 6. The zero-order valence-corrected chi connectivity index (χ0v) is 12.8. The van der Waals surface area contributed by atoms with Crippen LogP contribution in [0.2, 0.25) is 0 Å².